The second kappa shape index (κ2) is 12.2. The van der Waals surface area contributed by atoms with Gasteiger partial charge in [0.1, 0.15) is 6.26 Å². The van der Waals surface area contributed by atoms with E-state index in [2.05, 4.69) is 25.6 Å². The molecule has 2 heterocycles. The molecule has 0 spiro atoms. The number of aliphatic imine (C=N–C) groups is 1. The lowest BCUT2D eigenvalue weighted by Gasteiger charge is -2.10. The topological polar surface area (TPSA) is 84.6 Å². The number of hydrogen-bond donors (Lipinski definition) is 2. The highest BCUT2D eigenvalue weighted by Crippen LogP contribution is 2.17. The summed E-state index contributed by atoms with van der Waals surface area (Å²) in [7, 11) is 0. The average molecular weight is 521 g/mol. The first-order chi connectivity index (χ1) is 14.1. The van der Waals surface area contributed by atoms with E-state index in [4.69, 9.17) is 9.15 Å². The summed E-state index contributed by atoms with van der Waals surface area (Å²) in [5.74, 6) is 1.94. The van der Waals surface area contributed by atoms with Gasteiger partial charge in [0.25, 0.3) is 0 Å². The molecule has 160 valence electrons. The summed E-state index contributed by atoms with van der Waals surface area (Å²) < 4.78 is 11.1. The zero-order valence-corrected chi connectivity index (χ0v) is 19.8. The highest BCUT2D eigenvalue weighted by Gasteiger charge is 2.07. The number of halogens is 1. The first-order valence-corrected chi connectivity index (χ1v) is 9.77. The third kappa shape index (κ3) is 7.33. The summed E-state index contributed by atoms with van der Waals surface area (Å²) in [4.78, 5) is 13.5. The fraction of sp³-hybridized carbons (Fsp3) is 0.318. The van der Waals surface area contributed by atoms with E-state index < -0.39 is 0 Å². The Balaban J connectivity index is 0.00000320. The van der Waals surface area contributed by atoms with Crippen molar-refractivity contribution in [1.82, 2.24) is 20.6 Å². The first-order valence-electron chi connectivity index (χ1n) is 9.77. The van der Waals surface area contributed by atoms with Gasteiger partial charge in [-0.1, -0.05) is 24.3 Å². The van der Waals surface area contributed by atoms with Crippen molar-refractivity contribution in [3.8, 4) is 17.3 Å². The van der Waals surface area contributed by atoms with Crippen LogP contribution in [0.3, 0.4) is 0 Å². The zero-order chi connectivity index (χ0) is 20.5. The first kappa shape index (κ1) is 23.7. The molecule has 2 N–H and O–H groups in total. The van der Waals surface area contributed by atoms with E-state index in [9.17, 15) is 0 Å². The summed E-state index contributed by atoms with van der Waals surface area (Å²) in [6.07, 6.45) is 3.56. The van der Waals surface area contributed by atoms with E-state index in [0.29, 0.717) is 30.8 Å². The Hall–Kier alpha value is -2.62. The van der Waals surface area contributed by atoms with Gasteiger partial charge >= 0.3 is 0 Å². The van der Waals surface area contributed by atoms with Crippen LogP contribution in [0, 0.1) is 0 Å². The monoisotopic (exact) mass is 521 g/mol. The maximum Gasteiger partial charge on any atom is 0.226 e. The van der Waals surface area contributed by atoms with Crippen LogP contribution in [0.25, 0.3) is 11.5 Å². The minimum absolute atomic E-state index is 0. The molecule has 0 aliphatic heterocycles. The van der Waals surface area contributed by atoms with Crippen LogP contribution in [0.4, 0.5) is 0 Å². The van der Waals surface area contributed by atoms with E-state index in [0.717, 1.165) is 23.4 Å². The number of aromatic nitrogens is 2. The smallest absolute Gasteiger partial charge is 0.226 e. The molecule has 0 atom stereocenters. The Bertz CT molecular complexity index is 911. The van der Waals surface area contributed by atoms with E-state index in [1.165, 1.54) is 0 Å². The van der Waals surface area contributed by atoms with E-state index in [1.807, 2.05) is 63.2 Å². The second-order valence-electron chi connectivity index (χ2n) is 6.73. The van der Waals surface area contributed by atoms with E-state index >= 15 is 0 Å². The van der Waals surface area contributed by atoms with Gasteiger partial charge in [-0.05, 0) is 38.5 Å². The number of hydrogen-bond acceptors (Lipinski definition) is 5. The van der Waals surface area contributed by atoms with E-state index in [1.54, 1.807) is 12.5 Å². The molecule has 3 rings (SSSR count). The zero-order valence-electron chi connectivity index (χ0n) is 17.5. The Morgan fingerprint density at radius 3 is 2.60 bits per heavy atom. The second-order valence-corrected chi connectivity index (χ2v) is 6.73. The van der Waals surface area contributed by atoms with Gasteiger partial charge in [-0.15, -0.1) is 24.0 Å². The van der Waals surface area contributed by atoms with Crippen LogP contribution in [0.15, 0.2) is 64.3 Å². The van der Waals surface area contributed by atoms with Crippen LogP contribution in [0.1, 0.15) is 32.0 Å². The molecule has 0 saturated carbocycles. The summed E-state index contributed by atoms with van der Waals surface area (Å²) >= 11 is 0. The summed E-state index contributed by atoms with van der Waals surface area (Å²) in [6.45, 7) is 7.78. The van der Waals surface area contributed by atoms with Crippen molar-refractivity contribution in [2.24, 2.45) is 4.99 Å². The number of oxazole rings is 1. The van der Waals surface area contributed by atoms with Crippen molar-refractivity contribution in [3.63, 3.8) is 0 Å². The van der Waals surface area contributed by atoms with Crippen LogP contribution < -0.4 is 15.4 Å². The molecule has 2 aromatic heterocycles. The van der Waals surface area contributed by atoms with Gasteiger partial charge in [0.15, 0.2) is 5.96 Å². The maximum absolute atomic E-state index is 5.58. The molecule has 0 unspecified atom stereocenters. The minimum Gasteiger partial charge on any atom is -0.475 e. The standard InChI is InChI=1S/C22H27N5O2.HI/c1-4-23-22(25-13-17-10-11-20(24-12-17)29-16(2)3)26-14-19-15-28-21(27-19)18-8-6-5-7-9-18;/h5-12,15-16H,4,13-14H2,1-3H3,(H2,23,25,26);1H. The van der Waals surface area contributed by atoms with Crippen LogP contribution in [-0.2, 0) is 13.1 Å². The number of pyridine rings is 1. The number of rotatable bonds is 8. The number of nitrogens with zero attached hydrogens (tertiary/aromatic N) is 3. The van der Waals surface area contributed by atoms with Gasteiger partial charge in [0.2, 0.25) is 11.8 Å². The summed E-state index contributed by atoms with van der Waals surface area (Å²) in [6, 6.07) is 13.7. The molecule has 0 fully saturated rings. The summed E-state index contributed by atoms with van der Waals surface area (Å²) in [5.41, 5.74) is 2.77. The lowest BCUT2D eigenvalue weighted by Crippen LogP contribution is -2.36. The Morgan fingerprint density at radius 1 is 1.13 bits per heavy atom. The highest BCUT2D eigenvalue weighted by atomic mass is 127. The molecule has 0 radical (unpaired) electrons. The van der Waals surface area contributed by atoms with Gasteiger partial charge in [-0.2, -0.15) is 0 Å². The van der Waals surface area contributed by atoms with Crippen molar-refractivity contribution >= 4 is 29.9 Å². The third-order valence-electron chi connectivity index (χ3n) is 3.93. The van der Waals surface area contributed by atoms with Gasteiger partial charge < -0.3 is 19.8 Å². The number of benzene rings is 1. The van der Waals surface area contributed by atoms with Gasteiger partial charge in [0.05, 0.1) is 24.9 Å². The SMILES string of the molecule is CCNC(=NCc1ccc(OC(C)C)nc1)NCc1coc(-c2ccccc2)n1.I. The molecule has 0 aliphatic carbocycles. The molecule has 0 saturated heterocycles. The fourth-order valence-electron chi connectivity index (χ4n) is 2.60. The fourth-order valence-corrected chi connectivity index (χ4v) is 2.60. The predicted octanol–water partition coefficient (Wildman–Crippen LogP) is 4.40. The average Bonchev–Trinajstić information content (AvgIpc) is 3.20. The third-order valence-corrected chi connectivity index (χ3v) is 3.93. The normalized spacial score (nSPS) is 11.1. The van der Waals surface area contributed by atoms with Crippen LogP contribution in [0.2, 0.25) is 0 Å². The van der Waals surface area contributed by atoms with Crippen molar-refractivity contribution in [1.29, 1.82) is 0 Å². The molecule has 7 nitrogen and oxygen atoms in total. The molecule has 8 heteroatoms. The Kier molecular flexibility index (Phi) is 9.59. The molecule has 0 bridgehead atoms. The number of ether oxygens (including phenoxy) is 1. The summed E-state index contributed by atoms with van der Waals surface area (Å²) in [5, 5.41) is 6.52. The molecule has 0 aliphatic rings. The molecule has 1 aromatic carbocycles. The van der Waals surface area contributed by atoms with Crippen LogP contribution in [-0.4, -0.2) is 28.6 Å². The molecule has 3 aromatic rings. The Labute approximate surface area is 194 Å². The lowest BCUT2D eigenvalue weighted by molar-refractivity contribution is 0.232. The van der Waals surface area contributed by atoms with Crippen molar-refractivity contribution < 1.29 is 9.15 Å². The molecule has 0 amide bonds. The van der Waals surface area contributed by atoms with Gasteiger partial charge in [0, 0.05) is 24.4 Å². The van der Waals surface area contributed by atoms with Crippen molar-refractivity contribution in [2.75, 3.05) is 6.54 Å². The lowest BCUT2D eigenvalue weighted by atomic mass is 10.2. The quantitative estimate of drug-likeness (QED) is 0.260. The van der Waals surface area contributed by atoms with E-state index in [-0.39, 0.29) is 30.1 Å². The predicted molar refractivity (Wildman–Crippen MR) is 129 cm³/mol. The molecular weight excluding hydrogens is 493 g/mol. The molecule has 30 heavy (non-hydrogen) atoms. The van der Waals surface area contributed by atoms with Crippen LogP contribution >= 0.6 is 24.0 Å². The highest BCUT2D eigenvalue weighted by molar-refractivity contribution is 14.0. The van der Waals surface area contributed by atoms with Crippen molar-refractivity contribution in [3.05, 3.63) is 66.2 Å². The van der Waals surface area contributed by atoms with Gasteiger partial charge in [-0.25, -0.2) is 15.0 Å². The molecular formula is C22H28IN5O2. The van der Waals surface area contributed by atoms with Gasteiger partial charge in [-0.3, -0.25) is 0 Å². The number of nitrogens with one attached hydrogen (secondary N) is 2. The minimum atomic E-state index is 0. The largest absolute Gasteiger partial charge is 0.475 e. The van der Waals surface area contributed by atoms with Crippen LogP contribution in [0.5, 0.6) is 5.88 Å². The maximum atomic E-state index is 5.58. The number of guanidine groups is 1. The Morgan fingerprint density at radius 2 is 1.93 bits per heavy atom. The van der Waals surface area contributed by atoms with Crippen molar-refractivity contribution in [2.45, 2.75) is 40.0 Å².